The number of hydrogen-bond acceptors (Lipinski definition) is 6. The van der Waals surface area contributed by atoms with Crippen LogP contribution in [0.15, 0.2) is 36.0 Å². The fraction of sp³-hybridized carbons (Fsp3) is 0.348. The Kier molecular flexibility index (Phi) is 6.11. The van der Waals surface area contributed by atoms with Gasteiger partial charge in [0.05, 0.1) is 5.56 Å². The van der Waals surface area contributed by atoms with Gasteiger partial charge in [-0.05, 0) is 60.4 Å². The minimum Gasteiger partial charge on any atom is -0.505 e. The van der Waals surface area contributed by atoms with E-state index in [1.807, 2.05) is 6.07 Å². The lowest BCUT2D eigenvalue weighted by molar-refractivity contribution is 0.0988. The van der Waals surface area contributed by atoms with Gasteiger partial charge in [-0.1, -0.05) is 6.92 Å². The Balaban J connectivity index is 1.58. The Hall–Kier alpha value is -2.71. The van der Waals surface area contributed by atoms with E-state index in [2.05, 4.69) is 16.9 Å². The molecule has 0 spiro atoms. The summed E-state index contributed by atoms with van der Waals surface area (Å²) >= 11 is 0.956. The first kappa shape index (κ1) is 21.5. The summed E-state index contributed by atoms with van der Waals surface area (Å²) in [6.07, 6.45) is 6.39. The summed E-state index contributed by atoms with van der Waals surface area (Å²) in [5, 5.41) is 11.0. The zero-order chi connectivity index (χ0) is 22.1. The molecular weight excluding hydrogens is 420 g/mol. The summed E-state index contributed by atoms with van der Waals surface area (Å²) in [4.78, 5) is 21.2. The van der Waals surface area contributed by atoms with Crippen molar-refractivity contribution in [3.63, 3.8) is 0 Å². The summed E-state index contributed by atoms with van der Waals surface area (Å²) in [5.41, 5.74) is 7.81. The number of Topliss-reactive ketones (excluding diaryl/α,β-unsaturated/α-hetero) is 1. The number of aromatic nitrogens is 2. The van der Waals surface area contributed by atoms with E-state index in [0.29, 0.717) is 5.92 Å². The fourth-order valence-corrected chi connectivity index (χ4v) is 5.28. The highest BCUT2D eigenvalue weighted by Gasteiger charge is 2.28. The molecule has 2 aromatic heterocycles. The van der Waals surface area contributed by atoms with Gasteiger partial charge >= 0.3 is 0 Å². The van der Waals surface area contributed by atoms with Crippen LogP contribution in [0.25, 0.3) is 10.6 Å². The number of ketones is 1. The standard InChI is InChI=1S/C23H23F2N3O2S/c1-12-6-13(8-15(26)7-12)16-4-5-27-10-14(16)9-20(30)18-11-31-23(28-18)21-17(24)2-3-19(29)22(21)25/h2-5,10-13,15,29H,6-9,26H2,1H3/t12-,13+,15-/m0/s1. The molecule has 1 aliphatic rings. The molecule has 0 saturated heterocycles. The SMILES string of the molecule is C[C@@H]1C[C@H](N)C[C@H](c2ccncc2CC(=O)c2csc(-c3c(F)ccc(O)c3F)n2)C1. The smallest absolute Gasteiger partial charge is 0.186 e. The lowest BCUT2D eigenvalue weighted by atomic mass is 9.75. The zero-order valence-corrected chi connectivity index (χ0v) is 17.8. The third kappa shape index (κ3) is 4.50. The molecule has 3 N–H and O–H groups in total. The van der Waals surface area contributed by atoms with E-state index < -0.39 is 22.9 Å². The minimum atomic E-state index is -1.09. The Morgan fingerprint density at radius 2 is 2.06 bits per heavy atom. The van der Waals surface area contributed by atoms with E-state index in [-0.39, 0.29) is 34.9 Å². The number of aromatic hydroxyl groups is 1. The molecule has 3 aromatic rings. The molecule has 3 atom stereocenters. The molecule has 1 aliphatic carbocycles. The van der Waals surface area contributed by atoms with Crippen LogP contribution in [0.4, 0.5) is 8.78 Å². The van der Waals surface area contributed by atoms with Crippen molar-refractivity contribution in [3.05, 3.63) is 64.4 Å². The molecule has 0 unspecified atom stereocenters. The van der Waals surface area contributed by atoms with E-state index in [1.54, 1.807) is 12.4 Å². The predicted molar refractivity (Wildman–Crippen MR) is 115 cm³/mol. The number of pyridine rings is 1. The molecule has 2 heterocycles. The number of carbonyl (C=O) groups excluding carboxylic acids is 1. The lowest BCUT2D eigenvalue weighted by Gasteiger charge is -2.32. The van der Waals surface area contributed by atoms with Crippen LogP contribution in [0, 0.1) is 17.6 Å². The van der Waals surface area contributed by atoms with Crippen molar-refractivity contribution in [3.8, 4) is 16.3 Å². The average Bonchev–Trinajstić information content (AvgIpc) is 3.21. The number of phenolic OH excluding ortho intramolecular Hbond substituents is 1. The van der Waals surface area contributed by atoms with Gasteiger partial charge in [0.25, 0.3) is 0 Å². The van der Waals surface area contributed by atoms with Crippen LogP contribution in [-0.2, 0) is 6.42 Å². The van der Waals surface area contributed by atoms with Crippen LogP contribution < -0.4 is 5.73 Å². The molecule has 0 bridgehead atoms. The fourth-order valence-electron chi connectivity index (χ4n) is 4.41. The molecule has 8 heteroatoms. The maximum Gasteiger partial charge on any atom is 0.186 e. The normalized spacial score (nSPS) is 21.2. The second-order valence-electron chi connectivity index (χ2n) is 8.24. The quantitative estimate of drug-likeness (QED) is 0.551. The van der Waals surface area contributed by atoms with Gasteiger partial charge in [-0.25, -0.2) is 13.8 Å². The summed E-state index contributed by atoms with van der Waals surface area (Å²) in [6.45, 7) is 2.19. The molecule has 1 aromatic carbocycles. The summed E-state index contributed by atoms with van der Waals surface area (Å²) < 4.78 is 28.3. The molecule has 31 heavy (non-hydrogen) atoms. The topological polar surface area (TPSA) is 89.1 Å². The number of nitrogens with zero attached hydrogens (tertiary/aromatic N) is 2. The van der Waals surface area contributed by atoms with E-state index >= 15 is 0 Å². The van der Waals surface area contributed by atoms with Gasteiger partial charge in [0.2, 0.25) is 0 Å². The van der Waals surface area contributed by atoms with Gasteiger partial charge in [0, 0.05) is 30.2 Å². The van der Waals surface area contributed by atoms with Crippen LogP contribution >= 0.6 is 11.3 Å². The number of hydrogen-bond donors (Lipinski definition) is 2. The van der Waals surface area contributed by atoms with Crippen LogP contribution in [0.3, 0.4) is 0 Å². The summed E-state index contributed by atoms with van der Waals surface area (Å²) in [6, 6.07) is 3.99. The lowest BCUT2D eigenvalue weighted by Crippen LogP contribution is -2.31. The molecule has 1 fully saturated rings. The van der Waals surface area contributed by atoms with Crippen molar-refractivity contribution < 1.29 is 18.7 Å². The second kappa shape index (κ2) is 8.80. The van der Waals surface area contributed by atoms with Crippen molar-refractivity contribution in [1.29, 1.82) is 0 Å². The monoisotopic (exact) mass is 443 g/mol. The maximum absolute atomic E-state index is 14.2. The maximum atomic E-state index is 14.2. The van der Waals surface area contributed by atoms with Gasteiger partial charge < -0.3 is 10.8 Å². The molecule has 5 nitrogen and oxygen atoms in total. The van der Waals surface area contributed by atoms with Crippen molar-refractivity contribution in [2.24, 2.45) is 11.7 Å². The molecule has 0 amide bonds. The van der Waals surface area contributed by atoms with E-state index in [1.165, 1.54) is 5.38 Å². The first-order valence-corrected chi connectivity index (χ1v) is 11.1. The molecule has 4 rings (SSSR count). The van der Waals surface area contributed by atoms with Gasteiger partial charge in [0.1, 0.15) is 16.5 Å². The number of benzene rings is 1. The van der Waals surface area contributed by atoms with E-state index in [9.17, 15) is 18.7 Å². The number of phenols is 1. The first-order valence-electron chi connectivity index (χ1n) is 10.2. The minimum absolute atomic E-state index is 0.00717. The van der Waals surface area contributed by atoms with E-state index in [4.69, 9.17) is 5.73 Å². The number of nitrogens with two attached hydrogens (primary N) is 1. The van der Waals surface area contributed by atoms with Gasteiger partial charge in [-0.2, -0.15) is 0 Å². The number of thiazole rings is 1. The highest BCUT2D eigenvalue weighted by molar-refractivity contribution is 7.13. The van der Waals surface area contributed by atoms with Crippen LogP contribution in [0.1, 0.15) is 53.7 Å². The van der Waals surface area contributed by atoms with Crippen LogP contribution in [-0.4, -0.2) is 26.9 Å². The average molecular weight is 444 g/mol. The second-order valence-corrected chi connectivity index (χ2v) is 9.10. The third-order valence-corrected chi connectivity index (χ3v) is 6.65. The van der Waals surface area contributed by atoms with Gasteiger partial charge in [0.15, 0.2) is 17.3 Å². The van der Waals surface area contributed by atoms with Gasteiger partial charge in [-0.3, -0.25) is 9.78 Å². The first-order chi connectivity index (χ1) is 14.8. The predicted octanol–water partition coefficient (Wildman–Crippen LogP) is 4.85. The number of rotatable bonds is 5. The van der Waals surface area contributed by atoms with Crippen molar-refractivity contribution in [1.82, 2.24) is 9.97 Å². The van der Waals surface area contributed by atoms with Crippen molar-refractivity contribution in [2.45, 2.75) is 44.6 Å². The van der Waals surface area contributed by atoms with Crippen LogP contribution in [0.2, 0.25) is 0 Å². The number of halogens is 2. The van der Waals surface area contributed by atoms with Crippen molar-refractivity contribution >= 4 is 17.1 Å². The molecule has 0 aliphatic heterocycles. The Labute approximate surface area is 183 Å². The molecule has 1 saturated carbocycles. The largest absolute Gasteiger partial charge is 0.505 e. The molecule has 0 radical (unpaired) electrons. The Morgan fingerprint density at radius 1 is 1.26 bits per heavy atom. The number of carbonyl (C=O) groups is 1. The van der Waals surface area contributed by atoms with Crippen LogP contribution in [0.5, 0.6) is 5.75 Å². The summed E-state index contributed by atoms with van der Waals surface area (Å²) in [7, 11) is 0. The Morgan fingerprint density at radius 3 is 2.84 bits per heavy atom. The van der Waals surface area contributed by atoms with Gasteiger partial charge in [-0.15, -0.1) is 11.3 Å². The third-order valence-electron chi connectivity index (χ3n) is 5.79. The molecular formula is C23H23F2N3O2S. The van der Waals surface area contributed by atoms with E-state index in [0.717, 1.165) is 53.9 Å². The highest BCUT2D eigenvalue weighted by atomic mass is 32.1. The highest BCUT2D eigenvalue weighted by Crippen LogP contribution is 2.37. The Bertz CT molecular complexity index is 1110. The zero-order valence-electron chi connectivity index (χ0n) is 17.0. The molecule has 162 valence electrons. The summed E-state index contributed by atoms with van der Waals surface area (Å²) in [5.74, 6) is -2.08. The van der Waals surface area contributed by atoms with Crippen molar-refractivity contribution in [2.75, 3.05) is 0 Å².